The van der Waals surface area contributed by atoms with Crippen LogP contribution in [0.25, 0.3) is 0 Å². The number of nitrogens with zero attached hydrogens (tertiary/aromatic N) is 2. The highest BCUT2D eigenvalue weighted by Gasteiger charge is 2.19. The van der Waals surface area contributed by atoms with Crippen molar-refractivity contribution in [2.24, 2.45) is 0 Å². The Bertz CT molecular complexity index is 271. The highest BCUT2D eigenvalue weighted by Crippen LogP contribution is 2.21. The SMILES string of the molecule is CN(CCNCC(=O)N1CCCCC1)C1CCCC1. The summed E-state index contributed by atoms with van der Waals surface area (Å²) in [5, 5.41) is 3.30. The summed E-state index contributed by atoms with van der Waals surface area (Å²) >= 11 is 0. The van der Waals surface area contributed by atoms with Gasteiger partial charge in [-0.1, -0.05) is 12.8 Å². The van der Waals surface area contributed by atoms with Crippen molar-refractivity contribution in [2.75, 3.05) is 39.8 Å². The van der Waals surface area contributed by atoms with Crippen molar-refractivity contribution < 1.29 is 4.79 Å². The van der Waals surface area contributed by atoms with Crippen LogP contribution < -0.4 is 5.32 Å². The minimum Gasteiger partial charge on any atom is -0.342 e. The molecule has 2 aliphatic rings. The Labute approximate surface area is 117 Å². The molecule has 0 spiro atoms. The van der Waals surface area contributed by atoms with E-state index in [0.717, 1.165) is 32.2 Å². The Morgan fingerprint density at radius 3 is 2.53 bits per heavy atom. The molecule has 1 saturated carbocycles. The molecule has 2 rings (SSSR count). The lowest BCUT2D eigenvalue weighted by atomic mass is 10.1. The molecule has 0 aromatic heterocycles. The van der Waals surface area contributed by atoms with Crippen molar-refractivity contribution in [1.29, 1.82) is 0 Å². The zero-order valence-electron chi connectivity index (χ0n) is 12.4. The van der Waals surface area contributed by atoms with Crippen molar-refractivity contribution >= 4 is 5.91 Å². The molecule has 1 saturated heterocycles. The minimum absolute atomic E-state index is 0.281. The first-order chi connectivity index (χ1) is 9.27. The van der Waals surface area contributed by atoms with E-state index < -0.39 is 0 Å². The van der Waals surface area contributed by atoms with Gasteiger partial charge in [-0.25, -0.2) is 0 Å². The van der Waals surface area contributed by atoms with Crippen LogP contribution in [0.3, 0.4) is 0 Å². The lowest BCUT2D eigenvalue weighted by molar-refractivity contribution is -0.131. The molecule has 0 bridgehead atoms. The number of rotatable bonds is 6. The highest BCUT2D eigenvalue weighted by atomic mass is 16.2. The monoisotopic (exact) mass is 267 g/mol. The second kappa shape index (κ2) is 7.85. The number of hydrogen-bond acceptors (Lipinski definition) is 3. The van der Waals surface area contributed by atoms with E-state index in [1.165, 1.54) is 44.9 Å². The Morgan fingerprint density at radius 1 is 1.16 bits per heavy atom. The molecule has 1 N–H and O–H groups in total. The van der Waals surface area contributed by atoms with Crippen LogP contribution in [0.1, 0.15) is 44.9 Å². The smallest absolute Gasteiger partial charge is 0.236 e. The summed E-state index contributed by atoms with van der Waals surface area (Å²) in [6.07, 6.45) is 9.11. The van der Waals surface area contributed by atoms with E-state index in [2.05, 4.69) is 17.3 Å². The fourth-order valence-electron chi connectivity index (χ4n) is 3.23. The van der Waals surface area contributed by atoms with E-state index in [0.29, 0.717) is 6.54 Å². The van der Waals surface area contributed by atoms with Gasteiger partial charge in [-0.2, -0.15) is 0 Å². The van der Waals surface area contributed by atoms with Crippen molar-refractivity contribution in [1.82, 2.24) is 15.1 Å². The standard InChI is InChI=1S/C15H29N3O/c1-17(14-7-3-4-8-14)12-9-16-13-15(19)18-10-5-2-6-11-18/h14,16H,2-13H2,1H3. The van der Waals surface area contributed by atoms with Crippen molar-refractivity contribution in [3.63, 3.8) is 0 Å². The van der Waals surface area contributed by atoms with Gasteiger partial charge in [-0.05, 0) is 39.2 Å². The second-order valence-corrected chi connectivity index (χ2v) is 6.04. The maximum Gasteiger partial charge on any atom is 0.236 e. The predicted octanol–water partition coefficient (Wildman–Crippen LogP) is 1.46. The molecule has 19 heavy (non-hydrogen) atoms. The molecule has 0 aromatic rings. The number of likely N-dealkylation sites (tertiary alicyclic amines) is 1. The maximum absolute atomic E-state index is 11.9. The molecule has 0 unspecified atom stereocenters. The van der Waals surface area contributed by atoms with Crippen molar-refractivity contribution in [2.45, 2.75) is 51.0 Å². The zero-order valence-corrected chi connectivity index (χ0v) is 12.4. The average Bonchev–Trinajstić information content (AvgIpc) is 2.98. The topological polar surface area (TPSA) is 35.6 Å². The number of carbonyl (C=O) groups is 1. The van der Waals surface area contributed by atoms with Crippen LogP contribution in [0, 0.1) is 0 Å². The Hall–Kier alpha value is -0.610. The summed E-state index contributed by atoms with van der Waals surface area (Å²) in [5.74, 6) is 0.281. The molecule has 1 amide bonds. The lowest BCUT2D eigenvalue weighted by Crippen LogP contribution is -2.43. The number of hydrogen-bond donors (Lipinski definition) is 1. The molecule has 0 radical (unpaired) electrons. The van der Waals surface area contributed by atoms with Crippen LogP contribution in [0.15, 0.2) is 0 Å². The number of likely N-dealkylation sites (N-methyl/N-ethyl adjacent to an activating group) is 1. The molecule has 1 aliphatic heterocycles. The van der Waals surface area contributed by atoms with Crippen molar-refractivity contribution in [3.8, 4) is 0 Å². The highest BCUT2D eigenvalue weighted by molar-refractivity contribution is 5.78. The quantitative estimate of drug-likeness (QED) is 0.740. The van der Waals surface area contributed by atoms with Gasteiger partial charge in [0.2, 0.25) is 5.91 Å². The zero-order chi connectivity index (χ0) is 13.5. The molecule has 2 fully saturated rings. The molecule has 0 atom stereocenters. The number of carbonyl (C=O) groups excluding carboxylic acids is 1. The van der Waals surface area contributed by atoms with E-state index in [1.54, 1.807) is 0 Å². The van der Waals surface area contributed by atoms with Gasteiger partial charge in [0, 0.05) is 32.2 Å². The van der Waals surface area contributed by atoms with Crippen LogP contribution in [0.4, 0.5) is 0 Å². The molecule has 1 heterocycles. The van der Waals surface area contributed by atoms with Crippen molar-refractivity contribution in [3.05, 3.63) is 0 Å². The van der Waals surface area contributed by atoms with Gasteiger partial charge in [0.1, 0.15) is 0 Å². The number of piperidine rings is 1. The van der Waals surface area contributed by atoms with Gasteiger partial charge in [0.05, 0.1) is 6.54 Å². The van der Waals surface area contributed by atoms with Gasteiger partial charge >= 0.3 is 0 Å². The van der Waals surface area contributed by atoms with Gasteiger partial charge in [0.25, 0.3) is 0 Å². The molecule has 4 nitrogen and oxygen atoms in total. The lowest BCUT2D eigenvalue weighted by Gasteiger charge is -2.27. The third kappa shape index (κ3) is 4.77. The maximum atomic E-state index is 11.9. The molecular formula is C15H29N3O. The first kappa shape index (κ1) is 14.8. The van der Waals surface area contributed by atoms with Gasteiger partial charge in [-0.15, -0.1) is 0 Å². The van der Waals surface area contributed by atoms with E-state index in [-0.39, 0.29) is 5.91 Å². The van der Waals surface area contributed by atoms with Gasteiger partial charge < -0.3 is 15.1 Å². The summed E-state index contributed by atoms with van der Waals surface area (Å²) in [5.41, 5.74) is 0. The Morgan fingerprint density at radius 2 is 1.84 bits per heavy atom. The molecule has 0 aromatic carbocycles. The number of nitrogens with one attached hydrogen (secondary N) is 1. The summed E-state index contributed by atoms with van der Waals surface area (Å²) < 4.78 is 0. The van der Waals surface area contributed by atoms with Crippen LogP contribution in [-0.2, 0) is 4.79 Å². The largest absolute Gasteiger partial charge is 0.342 e. The van der Waals surface area contributed by atoms with E-state index in [4.69, 9.17) is 0 Å². The molecular weight excluding hydrogens is 238 g/mol. The summed E-state index contributed by atoms with van der Waals surface area (Å²) in [7, 11) is 2.21. The van der Waals surface area contributed by atoms with E-state index >= 15 is 0 Å². The minimum atomic E-state index is 0.281. The molecule has 110 valence electrons. The fourth-order valence-corrected chi connectivity index (χ4v) is 3.23. The average molecular weight is 267 g/mol. The second-order valence-electron chi connectivity index (χ2n) is 6.04. The van der Waals surface area contributed by atoms with Crippen LogP contribution >= 0.6 is 0 Å². The van der Waals surface area contributed by atoms with Crippen LogP contribution in [-0.4, -0.2) is 61.5 Å². The molecule has 4 heteroatoms. The molecule has 1 aliphatic carbocycles. The Balaban J connectivity index is 1.54. The van der Waals surface area contributed by atoms with E-state index in [1.807, 2.05) is 4.90 Å². The van der Waals surface area contributed by atoms with E-state index in [9.17, 15) is 4.79 Å². The predicted molar refractivity (Wildman–Crippen MR) is 78.2 cm³/mol. The fraction of sp³-hybridized carbons (Fsp3) is 0.933. The van der Waals surface area contributed by atoms with Crippen LogP contribution in [0.2, 0.25) is 0 Å². The summed E-state index contributed by atoms with van der Waals surface area (Å²) in [4.78, 5) is 16.4. The summed E-state index contributed by atoms with van der Waals surface area (Å²) in [6.45, 7) is 4.41. The first-order valence-corrected chi connectivity index (χ1v) is 7.96. The summed E-state index contributed by atoms with van der Waals surface area (Å²) in [6, 6.07) is 0.777. The van der Waals surface area contributed by atoms with Gasteiger partial charge in [0.15, 0.2) is 0 Å². The first-order valence-electron chi connectivity index (χ1n) is 7.96. The van der Waals surface area contributed by atoms with Crippen LogP contribution in [0.5, 0.6) is 0 Å². The number of amides is 1. The Kier molecular flexibility index (Phi) is 6.11. The normalized spacial score (nSPS) is 21.3. The third-order valence-corrected chi connectivity index (χ3v) is 4.57. The van der Waals surface area contributed by atoms with Gasteiger partial charge in [-0.3, -0.25) is 4.79 Å². The third-order valence-electron chi connectivity index (χ3n) is 4.57.